The summed E-state index contributed by atoms with van der Waals surface area (Å²) in [6.07, 6.45) is 2.52. The van der Waals surface area contributed by atoms with Crippen molar-refractivity contribution in [2.45, 2.75) is 23.8 Å². The largest absolute Gasteiger partial charge is 0.362 e. The highest BCUT2D eigenvalue weighted by Crippen LogP contribution is 2.20. The second kappa shape index (κ2) is 6.61. The van der Waals surface area contributed by atoms with E-state index in [2.05, 4.69) is 50.8 Å². The molecule has 1 aromatic rings. The smallest absolute Gasteiger partial charge is 0.166 e. The third-order valence-corrected chi connectivity index (χ3v) is 4.19. The summed E-state index contributed by atoms with van der Waals surface area (Å²) in [4.78, 5) is 1.29. The summed E-state index contributed by atoms with van der Waals surface area (Å²) in [5.41, 5.74) is 0. The number of nitrogens with one attached hydrogen (secondary N) is 2. The highest BCUT2D eigenvalue weighted by molar-refractivity contribution is 9.10. The third-order valence-electron chi connectivity index (χ3n) is 2.38. The normalized spacial score (nSPS) is 14.4. The molecule has 2 rings (SSSR count). The zero-order chi connectivity index (χ0) is 12.1. The highest BCUT2D eigenvalue weighted by Gasteiger charge is 2.21. The summed E-state index contributed by atoms with van der Waals surface area (Å²) in [6.45, 7) is 0.902. The van der Waals surface area contributed by atoms with E-state index in [1.807, 2.05) is 11.8 Å². The van der Waals surface area contributed by atoms with Crippen molar-refractivity contribution in [3.8, 4) is 0 Å². The minimum Gasteiger partial charge on any atom is -0.362 e. The van der Waals surface area contributed by atoms with Gasteiger partial charge in [0, 0.05) is 27.7 Å². The van der Waals surface area contributed by atoms with Gasteiger partial charge in [-0.1, -0.05) is 15.9 Å². The zero-order valence-electron chi connectivity index (χ0n) is 9.41. The van der Waals surface area contributed by atoms with E-state index in [0.717, 1.165) is 21.9 Å². The molecule has 0 aliphatic heterocycles. The first-order valence-corrected chi connectivity index (χ1v) is 7.85. The molecule has 0 bridgehead atoms. The fourth-order valence-corrected chi connectivity index (χ4v) is 2.63. The molecule has 0 radical (unpaired) electrons. The van der Waals surface area contributed by atoms with Crippen molar-refractivity contribution in [3.05, 3.63) is 28.7 Å². The quantitative estimate of drug-likeness (QED) is 0.492. The fraction of sp³-hybridized carbons (Fsp3) is 0.417. The standard InChI is InChI=1S/C12H15BrN2S2/c13-9-1-5-11(6-2-9)17-8-7-14-12(16)15-10-3-4-10/h1-2,5-6,10H,3-4,7-8H2,(H2,14,15,16). The van der Waals surface area contributed by atoms with Gasteiger partial charge in [0.25, 0.3) is 0 Å². The van der Waals surface area contributed by atoms with Crippen molar-refractivity contribution >= 4 is 45.0 Å². The number of hydrogen-bond donors (Lipinski definition) is 2. The minimum absolute atomic E-state index is 0.633. The molecule has 1 aliphatic carbocycles. The average molecular weight is 331 g/mol. The SMILES string of the molecule is S=C(NCCSc1ccc(Br)cc1)NC1CC1. The number of rotatable bonds is 5. The van der Waals surface area contributed by atoms with Crippen molar-refractivity contribution in [1.82, 2.24) is 10.6 Å². The van der Waals surface area contributed by atoms with Crippen LogP contribution in [0, 0.1) is 0 Å². The topological polar surface area (TPSA) is 24.1 Å². The van der Waals surface area contributed by atoms with Crippen molar-refractivity contribution in [3.63, 3.8) is 0 Å². The van der Waals surface area contributed by atoms with Crippen LogP contribution < -0.4 is 10.6 Å². The number of thiocarbonyl (C=S) groups is 1. The predicted molar refractivity (Wildman–Crippen MR) is 81.6 cm³/mol. The molecule has 1 fully saturated rings. The average Bonchev–Trinajstić information content (AvgIpc) is 3.11. The molecule has 0 aromatic heterocycles. The molecule has 92 valence electrons. The van der Waals surface area contributed by atoms with E-state index in [4.69, 9.17) is 12.2 Å². The number of hydrogen-bond acceptors (Lipinski definition) is 2. The van der Waals surface area contributed by atoms with Crippen LogP contribution in [-0.4, -0.2) is 23.5 Å². The molecular formula is C12H15BrN2S2. The van der Waals surface area contributed by atoms with Crippen LogP contribution in [0.4, 0.5) is 0 Å². The molecule has 0 saturated heterocycles. The summed E-state index contributed by atoms with van der Waals surface area (Å²) in [5.74, 6) is 1.02. The van der Waals surface area contributed by atoms with E-state index < -0.39 is 0 Å². The molecule has 1 aliphatic rings. The van der Waals surface area contributed by atoms with Gasteiger partial charge in [-0.15, -0.1) is 11.8 Å². The molecular weight excluding hydrogens is 316 g/mol. The first kappa shape index (κ1) is 13.2. The van der Waals surface area contributed by atoms with Gasteiger partial charge in [-0.05, 0) is 49.3 Å². The summed E-state index contributed by atoms with van der Waals surface area (Å²) >= 11 is 10.4. The monoisotopic (exact) mass is 330 g/mol. The lowest BCUT2D eigenvalue weighted by atomic mass is 10.4. The van der Waals surface area contributed by atoms with Gasteiger partial charge in [-0.3, -0.25) is 0 Å². The van der Waals surface area contributed by atoms with Gasteiger partial charge in [0.2, 0.25) is 0 Å². The zero-order valence-corrected chi connectivity index (χ0v) is 12.6. The van der Waals surface area contributed by atoms with Crippen LogP contribution in [0.15, 0.2) is 33.6 Å². The summed E-state index contributed by atoms with van der Waals surface area (Å²) in [6, 6.07) is 9.00. The molecule has 0 atom stereocenters. The Labute approximate surface area is 120 Å². The van der Waals surface area contributed by atoms with Gasteiger partial charge >= 0.3 is 0 Å². The number of thioether (sulfide) groups is 1. The van der Waals surface area contributed by atoms with E-state index in [1.165, 1.54) is 17.7 Å². The van der Waals surface area contributed by atoms with Crippen LogP contribution in [0.5, 0.6) is 0 Å². The Kier molecular flexibility index (Phi) is 5.13. The van der Waals surface area contributed by atoms with Crippen LogP contribution in [0.25, 0.3) is 0 Å². The van der Waals surface area contributed by atoms with E-state index in [-0.39, 0.29) is 0 Å². The Morgan fingerprint density at radius 2 is 2.06 bits per heavy atom. The Balaban J connectivity index is 1.59. The van der Waals surface area contributed by atoms with E-state index in [0.29, 0.717) is 6.04 Å². The minimum atomic E-state index is 0.633. The molecule has 0 unspecified atom stereocenters. The lowest BCUT2D eigenvalue weighted by Crippen LogP contribution is -2.37. The van der Waals surface area contributed by atoms with E-state index in [9.17, 15) is 0 Å². The van der Waals surface area contributed by atoms with Crippen LogP contribution in [0.1, 0.15) is 12.8 Å². The lowest BCUT2D eigenvalue weighted by Gasteiger charge is -2.09. The molecule has 0 heterocycles. The first-order chi connectivity index (χ1) is 8.24. The maximum absolute atomic E-state index is 5.18. The van der Waals surface area contributed by atoms with Gasteiger partial charge in [0.1, 0.15) is 0 Å². The maximum Gasteiger partial charge on any atom is 0.166 e. The molecule has 2 N–H and O–H groups in total. The van der Waals surface area contributed by atoms with Gasteiger partial charge in [0.15, 0.2) is 5.11 Å². The molecule has 2 nitrogen and oxygen atoms in total. The fourth-order valence-electron chi connectivity index (χ4n) is 1.33. The molecule has 0 spiro atoms. The van der Waals surface area contributed by atoms with Crippen molar-refractivity contribution in [1.29, 1.82) is 0 Å². The molecule has 1 aromatic carbocycles. The second-order valence-electron chi connectivity index (χ2n) is 3.98. The van der Waals surface area contributed by atoms with Gasteiger partial charge in [0.05, 0.1) is 0 Å². The van der Waals surface area contributed by atoms with Crippen LogP contribution in [-0.2, 0) is 0 Å². The molecule has 17 heavy (non-hydrogen) atoms. The van der Waals surface area contributed by atoms with Crippen molar-refractivity contribution in [2.24, 2.45) is 0 Å². The van der Waals surface area contributed by atoms with Gasteiger partial charge in [-0.25, -0.2) is 0 Å². The Hall–Kier alpha value is -0.260. The van der Waals surface area contributed by atoms with E-state index in [1.54, 1.807) is 0 Å². The predicted octanol–water partition coefficient (Wildman–Crippen LogP) is 3.17. The van der Waals surface area contributed by atoms with Crippen molar-refractivity contribution < 1.29 is 0 Å². The second-order valence-corrected chi connectivity index (χ2v) is 6.47. The number of benzene rings is 1. The summed E-state index contributed by atoms with van der Waals surface area (Å²) in [7, 11) is 0. The van der Waals surface area contributed by atoms with Crippen LogP contribution in [0.3, 0.4) is 0 Å². The molecule has 1 saturated carbocycles. The Morgan fingerprint density at radius 3 is 2.71 bits per heavy atom. The van der Waals surface area contributed by atoms with Gasteiger partial charge in [-0.2, -0.15) is 0 Å². The van der Waals surface area contributed by atoms with E-state index >= 15 is 0 Å². The molecule has 0 amide bonds. The molecule has 5 heteroatoms. The summed E-state index contributed by atoms with van der Waals surface area (Å²) < 4.78 is 1.12. The summed E-state index contributed by atoms with van der Waals surface area (Å²) in [5, 5.41) is 7.29. The highest BCUT2D eigenvalue weighted by atomic mass is 79.9. The third kappa shape index (κ3) is 5.27. The van der Waals surface area contributed by atoms with Gasteiger partial charge < -0.3 is 10.6 Å². The Bertz CT molecular complexity index is 377. The lowest BCUT2D eigenvalue weighted by molar-refractivity contribution is 0.853. The van der Waals surface area contributed by atoms with Crippen molar-refractivity contribution in [2.75, 3.05) is 12.3 Å². The maximum atomic E-state index is 5.18. The number of halogens is 1. The Morgan fingerprint density at radius 1 is 1.35 bits per heavy atom. The van der Waals surface area contributed by atoms with Crippen LogP contribution in [0.2, 0.25) is 0 Å². The first-order valence-electron chi connectivity index (χ1n) is 5.67. The van der Waals surface area contributed by atoms with Crippen LogP contribution >= 0.6 is 39.9 Å².